The molecule has 0 bridgehead atoms. The van der Waals surface area contributed by atoms with Crippen molar-refractivity contribution < 1.29 is 4.74 Å². The molecule has 0 saturated carbocycles. The lowest BCUT2D eigenvalue weighted by molar-refractivity contribution is 0.414. The Morgan fingerprint density at radius 3 is 2.60 bits per heavy atom. The van der Waals surface area contributed by atoms with Gasteiger partial charge in [-0.2, -0.15) is 0 Å². The molecule has 0 aliphatic heterocycles. The van der Waals surface area contributed by atoms with Crippen molar-refractivity contribution in [2.75, 3.05) is 7.11 Å². The van der Waals surface area contributed by atoms with Crippen LogP contribution in [0.15, 0.2) is 24.3 Å². The summed E-state index contributed by atoms with van der Waals surface area (Å²) < 4.78 is 7.60. The molecule has 15 heavy (non-hydrogen) atoms. The van der Waals surface area contributed by atoms with Crippen molar-refractivity contribution in [3.05, 3.63) is 33.7 Å². The second kappa shape index (κ2) is 4.56. The first-order valence-electron chi connectivity index (χ1n) is 4.34. The molecule has 0 spiro atoms. The van der Waals surface area contributed by atoms with Gasteiger partial charge in [0.05, 0.1) is 13.7 Å². The van der Waals surface area contributed by atoms with E-state index in [0.717, 1.165) is 15.1 Å². The van der Waals surface area contributed by atoms with Crippen molar-refractivity contribution in [1.82, 2.24) is 20.2 Å². The number of hydrogen-bond donors (Lipinski definition) is 0. The van der Waals surface area contributed by atoms with Crippen LogP contribution in [-0.2, 0) is 6.54 Å². The molecule has 2 aromatic rings. The number of halogens is 1. The molecule has 0 atom stereocenters. The summed E-state index contributed by atoms with van der Waals surface area (Å²) in [6.45, 7) is 0.676. The minimum atomic E-state index is 0.676. The number of ether oxygens (including phenoxy) is 1. The van der Waals surface area contributed by atoms with E-state index in [1.54, 1.807) is 11.8 Å². The smallest absolute Gasteiger partial charge is 0.212 e. The Hall–Kier alpha value is -1.18. The number of hydrogen-bond acceptors (Lipinski definition) is 4. The van der Waals surface area contributed by atoms with Gasteiger partial charge in [-0.15, -0.1) is 5.10 Å². The first kappa shape index (κ1) is 10.3. The van der Waals surface area contributed by atoms with E-state index >= 15 is 0 Å². The summed E-state index contributed by atoms with van der Waals surface area (Å²) in [6.07, 6.45) is 0. The molecule has 0 amide bonds. The first-order chi connectivity index (χ1) is 7.29. The highest BCUT2D eigenvalue weighted by Crippen LogP contribution is 2.12. The van der Waals surface area contributed by atoms with Gasteiger partial charge in [-0.3, -0.25) is 0 Å². The van der Waals surface area contributed by atoms with E-state index in [2.05, 4.69) is 38.1 Å². The zero-order chi connectivity index (χ0) is 10.7. The zero-order valence-corrected chi connectivity index (χ0v) is 10.2. The molecule has 1 aromatic heterocycles. The predicted molar refractivity (Wildman–Crippen MR) is 62.6 cm³/mol. The van der Waals surface area contributed by atoms with E-state index in [-0.39, 0.29) is 0 Å². The van der Waals surface area contributed by atoms with E-state index in [9.17, 15) is 0 Å². The molecule has 0 saturated heterocycles. The Kier molecular flexibility index (Phi) is 3.14. The highest BCUT2D eigenvalue weighted by Gasteiger charge is 2.02. The number of benzene rings is 1. The second-order valence-corrected chi connectivity index (χ2v) is 3.92. The Labute approximate surface area is 101 Å². The van der Waals surface area contributed by atoms with Gasteiger partial charge in [0.2, 0.25) is 3.83 Å². The third kappa shape index (κ3) is 2.44. The fourth-order valence-corrected chi connectivity index (χ4v) is 1.56. The summed E-state index contributed by atoms with van der Waals surface area (Å²) in [4.78, 5) is 0. The van der Waals surface area contributed by atoms with Gasteiger partial charge in [-0.25, -0.2) is 4.68 Å². The normalized spacial score (nSPS) is 10.3. The van der Waals surface area contributed by atoms with Gasteiger partial charge in [0.25, 0.3) is 0 Å². The minimum Gasteiger partial charge on any atom is -0.497 e. The highest BCUT2D eigenvalue weighted by molar-refractivity contribution is 14.1. The standard InChI is InChI=1S/C9H9IN4O/c1-15-8-4-2-7(3-5-8)6-14-9(10)11-12-13-14/h2-5H,6H2,1H3. The third-order valence-corrected chi connectivity index (χ3v) is 2.75. The maximum absolute atomic E-state index is 5.08. The van der Waals surface area contributed by atoms with Crippen molar-refractivity contribution in [3.8, 4) is 5.75 Å². The molecular formula is C9H9IN4O. The molecule has 0 unspecified atom stereocenters. The SMILES string of the molecule is COc1ccc(Cn2nnnc2I)cc1. The van der Waals surface area contributed by atoms with Gasteiger partial charge in [0, 0.05) is 22.6 Å². The molecule has 5 nitrogen and oxygen atoms in total. The van der Waals surface area contributed by atoms with Gasteiger partial charge < -0.3 is 4.74 Å². The van der Waals surface area contributed by atoms with Crippen LogP contribution < -0.4 is 4.74 Å². The van der Waals surface area contributed by atoms with Crippen LogP contribution in [0.5, 0.6) is 5.75 Å². The fourth-order valence-electron chi connectivity index (χ4n) is 1.19. The van der Waals surface area contributed by atoms with E-state index in [1.165, 1.54) is 0 Å². The summed E-state index contributed by atoms with van der Waals surface area (Å²) in [5.41, 5.74) is 1.14. The number of nitrogens with zero attached hydrogens (tertiary/aromatic N) is 4. The van der Waals surface area contributed by atoms with E-state index in [1.807, 2.05) is 24.3 Å². The minimum absolute atomic E-state index is 0.676. The van der Waals surface area contributed by atoms with Crippen LogP contribution in [0.3, 0.4) is 0 Å². The molecule has 2 rings (SSSR count). The topological polar surface area (TPSA) is 52.8 Å². The highest BCUT2D eigenvalue weighted by atomic mass is 127. The quantitative estimate of drug-likeness (QED) is 0.802. The molecule has 1 heterocycles. The molecule has 0 aliphatic carbocycles. The largest absolute Gasteiger partial charge is 0.497 e. The summed E-state index contributed by atoms with van der Waals surface area (Å²) in [7, 11) is 1.65. The molecule has 78 valence electrons. The van der Waals surface area contributed by atoms with E-state index in [4.69, 9.17) is 4.74 Å². The summed E-state index contributed by atoms with van der Waals surface area (Å²) in [5, 5.41) is 11.3. The van der Waals surface area contributed by atoms with Gasteiger partial charge in [-0.1, -0.05) is 12.1 Å². The zero-order valence-electron chi connectivity index (χ0n) is 8.09. The van der Waals surface area contributed by atoms with Crippen LogP contribution in [0.2, 0.25) is 0 Å². The summed E-state index contributed by atoms with van der Waals surface area (Å²) in [5.74, 6) is 0.852. The van der Waals surface area contributed by atoms with Gasteiger partial charge in [0.1, 0.15) is 5.75 Å². The maximum atomic E-state index is 5.08. The lowest BCUT2D eigenvalue weighted by Crippen LogP contribution is -2.04. The molecule has 1 aromatic carbocycles. The maximum Gasteiger partial charge on any atom is 0.212 e. The predicted octanol–water partition coefficient (Wildman–Crippen LogP) is 1.33. The Bertz CT molecular complexity index is 440. The van der Waals surface area contributed by atoms with E-state index < -0.39 is 0 Å². The van der Waals surface area contributed by atoms with Crippen LogP contribution in [0.4, 0.5) is 0 Å². The number of methoxy groups -OCH3 is 1. The number of tetrazole rings is 1. The number of aromatic nitrogens is 4. The Balaban J connectivity index is 2.14. The van der Waals surface area contributed by atoms with Crippen molar-refractivity contribution in [1.29, 1.82) is 0 Å². The van der Waals surface area contributed by atoms with E-state index in [0.29, 0.717) is 6.54 Å². The molecule has 0 radical (unpaired) electrons. The molecule has 0 fully saturated rings. The van der Waals surface area contributed by atoms with Gasteiger partial charge in [0.15, 0.2) is 0 Å². The summed E-state index contributed by atoms with van der Waals surface area (Å²) in [6, 6.07) is 7.84. The van der Waals surface area contributed by atoms with Crippen molar-refractivity contribution in [2.24, 2.45) is 0 Å². The second-order valence-electron chi connectivity index (χ2n) is 2.95. The van der Waals surface area contributed by atoms with Gasteiger partial charge >= 0.3 is 0 Å². The van der Waals surface area contributed by atoms with Crippen molar-refractivity contribution in [3.63, 3.8) is 0 Å². The third-order valence-electron chi connectivity index (χ3n) is 1.98. The lowest BCUT2D eigenvalue weighted by Gasteiger charge is -2.03. The molecule has 0 aliphatic rings. The molecule has 6 heteroatoms. The monoisotopic (exact) mass is 316 g/mol. The molecule has 0 N–H and O–H groups in total. The van der Waals surface area contributed by atoms with Crippen LogP contribution in [0, 0.1) is 3.83 Å². The Morgan fingerprint density at radius 1 is 1.33 bits per heavy atom. The van der Waals surface area contributed by atoms with Crippen LogP contribution in [0.1, 0.15) is 5.56 Å². The Morgan fingerprint density at radius 2 is 2.07 bits per heavy atom. The fraction of sp³-hybridized carbons (Fsp3) is 0.222. The van der Waals surface area contributed by atoms with Crippen LogP contribution in [-0.4, -0.2) is 27.3 Å². The average molecular weight is 316 g/mol. The van der Waals surface area contributed by atoms with Crippen LogP contribution >= 0.6 is 22.6 Å². The average Bonchev–Trinajstić information content (AvgIpc) is 2.66. The first-order valence-corrected chi connectivity index (χ1v) is 5.42. The van der Waals surface area contributed by atoms with Gasteiger partial charge in [-0.05, 0) is 28.1 Å². The van der Waals surface area contributed by atoms with Crippen LogP contribution in [0.25, 0.3) is 0 Å². The molecular weight excluding hydrogens is 307 g/mol. The summed E-state index contributed by atoms with van der Waals surface area (Å²) >= 11 is 2.10. The number of rotatable bonds is 3. The van der Waals surface area contributed by atoms with Crippen molar-refractivity contribution in [2.45, 2.75) is 6.54 Å². The van der Waals surface area contributed by atoms with Crippen molar-refractivity contribution >= 4 is 22.6 Å². The lowest BCUT2D eigenvalue weighted by atomic mass is 10.2.